The fourth-order valence-corrected chi connectivity index (χ4v) is 4.30. The third kappa shape index (κ3) is 4.04. The first-order chi connectivity index (χ1) is 15.2. The van der Waals surface area contributed by atoms with Crippen LogP contribution in [0.5, 0.6) is 5.75 Å². The Morgan fingerprint density at radius 1 is 0.935 bits per heavy atom. The Morgan fingerprint density at radius 3 is 2.74 bits per heavy atom. The minimum Gasteiger partial charge on any atom is -0.497 e. The summed E-state index contributed by atoms with van der Waals surface area (Å²) in [5.41, 5.74) is 7.16. The van der Waals surface area contributed by atoms with E-state index in [4.69, 9.17) is 9.72 Å². The molecule has 0 spiro atoms. The van der Waals surface area contributed by atoms with Gasteiger partial charge in [0, 0.05) is 58.4 Å². The molecule has 0 atom stereocenters. The normalized spacial score (nSPS) is 11.4. The number of aryl methyl sites for hydroxylation is 3. The summed E-state index contributed by atoms with van der Waals surface area (Å²) in [6.45, 7) is 2.09. The van der Waals surface area contributed by atoms with E-state index in [-0.39, 0.29) is 0 Å². The van der Waals surface area contributed by atoms with Crippen LogP contribution < -0.4 is 4.74 Å². The lowest BCUT2D eigenvalue weighted by molar-refractivity contribution is 0.415. The standard InChI is InChI=1S/C26H26N4O/c1-17-13-22-18(5-3-7-25(22)29-17)14-20-11-12-27-26(30-20)8-4-6-19-16-28-24-10-9-21(31-2)15-23(19)24/h3,5,7,9-13,15-16,28-29H,4,6,8,14H2,1-2H3. The van der Waals surface area contributed by atoms with Crippen molar-refractivity contribution >= 4 is 21.8 Å². The molecule has 3 heterocycles. The topological polar surface area (TPSA) is 66.6 Å². The second kappa shape index (κ2) is 8.26. The predicted molar refractivity (Wildman–Crippen MR) is 125 cm³/mol. The number of nitrogens with zero attached hydrogens (tertiary/aromatic N) is 2. The van der Waals surface area contributed by atoms with Gasteiger partial charge in [0.1, 0.15) is 11.6 Å². The van der Waals surface area contributed by atoms with E-state index >= 15 is 0 Å². The van der Waals surface area contributed by atoms with E-state index in [0.717, 1.165) is 48.5 Å². The van der Waals surface area contributed by atoms with Crippen LogP contribution in [-0.4, -0.2) is 27.0 Å². The SMILES string of the molecule is COc1ccc2[nH]cc(CCCc3nccc(Cc4cccc5[nH]c(C)cc45)n3)c2c1. The zero-order chi connectivity index (χ0) is 21.2. The van der Waals surface area contributed by atoms with Gasteiger partial charge in [0.25, 0.3) is 0 Å². The van der Waals surface area contributed by atoms with E-state index in [0.29, 0.717) is 0 Å². The van der Waals surface area contributed by atoms with Crippen molar-refractivity contribution in [1.29, 1.82) is 0 Å². The summed E-state index contributed by atoms with van der Waals surface area (Å²) in [6.07, 6.45) is 7.63. The van der Waals surface area contributed by atoms with Gasteiger partial charge in [-0.15, -0.1) is 0 Å². The number of methoxy groups -OCH3 is 1. The fraction of sp³-hybridized carbons (Fsp3) is 0.231. The lowest BCUT2D eigenvalue weighted by Gasteiger charge is -2.06. The Kier molecular flexibility index (Phi) is 5.16. The smallest absolute Gasteiger partial charge is 0.128 e. The summed E-state index contributed by atoms with van der Waals surface area (Å²) in [4.78, 5) is 16.1. The molecule has 0 saturated heterocycles. The summed E-state index contributed by atoms with van der Waals surface area (Å²) < 4.78 is 5.37. The highest BCUT2D eigenvalue weighted by molar-refractivity contribution is 5.85. The molecular weight excluding hydrogens is 384 g/mol. The lowest BCUT2D eigenvalue weighted by atomic mass is 10.0. The van der Waals surface area contributed by atoms with Gasteiger partial charge >= 0.3 is 0 Å². The maximum Gasteiger partial charge on any atom is 0.128 e. The van der Waals surface area contributed by atoms with Gasteiger partial charge in [-0.2, -0.15) is 0 Å². The van der Waals surface area contributed by atoms with Crippen molar-refractivity contribution in [3.05, 3.63) is 89.3 Å². The average molecular weight is 411 g/mol. The molecule has 0 aliphatic carbocycles. The predicted octanol–water partition coefficient (Wildman–Crippen LogP) is 5.52. The molecule has 2 aromatic carbocycles. The molecule has 0 aliphatic heterocycles. The van der Waals surface area contributed by atoms with Crippen LogP contribution in [0.4, 0.5) is 0 Å². The zero-order valence-corrected chi connectivity index (χ0v) is 17.9. The minimum absolute atomic E-state index is 0.812. The summed E-state index contributed by atoms with van der Waals surface area (Å²) in [6, 6.07) is 16.8. The van der Waals surface area contributed by atoms with Crippen LogP contribution in [-0.2, 0) is 19.3 Å². The molecule has 156 valence electrons. The first kappa shape index (κ1) is 19.4. The van der Waals surface area contributed by atoms with E-state index in [2.05, 4.69) is 64.5 Å². The van der Waals surface area contributed by atoms with Crippen molar-refractivity contribution in [2.75, 3.05) is 7.11 Å². The number of aromatic nitrogens is 4. The summed E-state index contributed by atoms with van der Waals surface area (Å²) in [5.74, 6) is 1.80. The maximum atomic E-state index is 5.37. The van der Waals surface area contributed by atoms with Gasteiger partial charge in [0.05, 0.1) is 7.11 Å². The minimum atomic E-state index is 0.812. The van der Waals surface area contributed by atoms with Gasteiger partial charge in [0.2, 0.25) is 0 Å². The number of H-pyrrole nitrogens is 2. The van der Waals surface area contributed by atoms with Crippen LogP contribution in [0.25, 0.3) is 21.8 Å². The Hall–Kier alpha value is -3.60. The van der Waals surface area contributed by atoms with E-state index in [1.807, 2.05) is 18.3 Å². The summed E-state index contributed by atoms with van der Waals surface area (Å²) in [7, 11) is 1.70. The molecule has 2 N–H and O–H groups in total. The number of fused-ring (bicyclic) bond motifs is 2. The van der Waals surface area contributed by atoms with Crippen molar-refractivity contribution < 1.29 is 4.74 Å². The number of hydrogen-bond donors (Lipinski definition) is 2. The highest BCUT2D eigenvalue weighted by Gasteiger charge is 2.08. The fourth-order valence-electron chi connectivity index (χ4n) is 4.30. The number of nitrogens with one attached hydrogen (secondary N) is 2. The number of benzene rings is 2. The number of aromatic amines is 2. The average Bonchev–Trinajstić information content (AvgIpc) is 3.37. The van der Waals surface area contributed by atoms with Crippen LogP contribution >= 0.6 is 0 Å². The van der Waals surface area contributed by atoms with E-state index in [1.165, 1.54) is 33.1 Å². The van der Waals surface area contributed by atoms with Crippen molar-refractivity contribution in [3.63, 3.8) is 0 Å². The van der Waals surface area contributed by atoms with Gasteiger partial charge < -0.3 is 14.7 Å². The number of ether oxygens (including phenoxy) is 1. The lowest BCUT2D eigenvalue weighted by Crippen LogP contribution is -2.01. The molecule has 31 heavy (non-hydrogen) atoms. The zero-order valence-electron chi connectivity index (χ0n) is 17.9. The molecule has 0 unspecified atom stereocenters. The van der Waals surface area contributed by atoms with Crippen LogP contribution in [0.2, 0.25) is 0 Å². The van der Waals surface area contributed by atoms with E-state index in [9.17, 15) is 0 Å². The molecule has 0 saturated carbocycles. The van der Waals surface area contributed by atoms with E-state index < -0.39 is 0 Å². The van der Waals surface area contributed by atoms with Crippen LogP contribution in [0.3, 0.4) is 0 Å². The second-order valence-corrected chi connectivity index (χ2v) is 8.05. The first-order valence-electron chi connectivity index (χ1n) is 10.7. The van der Waals surface area contributed by atoms with Gasteiger partial charge in [-0.3, -0.25) is 0 Å². The Labute approximate surface area is 181 Å². The van der Waals surface area contributed by atoms with Crippen LogP contribution in [0, 0.1) is 6.92 Å². The molecule has 5 rings (SSSR count). The van der Waals surface area contributed by atoms with Crippen molar-refractivity contribution in [1.82, 2.24) is 19.9 Å². The molecular formula is C26H26N4O. The Morgan fingerprint density at radius 2 is 1.84 bits per heavy atom. The second-order valence-electron chi connectivity index (χ2n) is 8.05. The third-order valence-corrected chi connectivity index (χ3v) is 5.84. The van der Waals surface area contributed by atoms with E-state index in [1.54, 1.807) is 7.11 Å². The van der Waals surface area contributed by atoms with Gasteiger partial charge in [-0.1, -0.05) is 12.1 Å². The van der Waals surface area contributed by atoms with Crippen LogP contribution in [0.1, 0.15) is 34.8 Å². The molecule has 0 bridgehead atoms. The van der Waals surface area contributed by atoms with Crippen molar-refractivity contribution in [2.24, 2.45) is 0 Å². The molecule has 5 nitrogen and oxygen atoms in total. The van der Waals surface area contributed by atoms with Crippen LogP contribution in [0.15, 0.2) is 60.9 Å². The summed E-state index contributed by atoms with van der Waals surface area (Å²) >= 11 is 0. The summed E-state index contributed by atoms with van der Waals surface area (Å²) in [5, 5.41) is 2.50. The van der Waals surface area contributed by atoms with Gasteiger partial charge in [-0.25, -0.2) is 9.97 Å². The molecule has 0 radical (unpaired) electrons. The Bertz CT molecular complexity index is 1350. The van der Waals surface area contributed by atoms with Gasteiger partial charge in [0.15, 0.2) is 0 Å². The third-order valence-electron chi connectivity index (χ3n) is 5.84. The highest BCUT2D eigenvalue weighted by atomic mass is 16.5. The largest absolute Gasteiger partial charge is 0.497 e. The monoisotopic (exact) mass is 410 g/mol. The van der Waals surface area contributed by atoms with Crippen molar-refractivity contribution in [2.45, 2.75) is 32.6 Å². The highest BCUT2D eigenvalue weighted by Crippen LogP contribution is 2.25. The molecule has 3 aromatic heterocycles. The molecule has 5 aromatic rings. The number of rotatable bonds is 7. The first-order valence-corrected chi connectivity index (χ1v) is 10.7. The maximum absolute atomic E-state index is 5.37. The molecule has 0 fully saturated rings. The molecule has 0 aliphatic rings. The van der Waals surface area contributed by atoms with Gasteiger partial charge in [-0.05, 0) is 67.3 Å². The quantitative estimate of drug-likeness (QED) is 0.371. The molecule has 5 heteroatoms. The van der Waals surface area contributed by atoms with Crippen molar-refractivity contribution in [3.8, 4) is 5.75 Å². The Balaban J connectivity index is 1.28. The number of hydrogen-bond acceptors (Lipinski definition) is 3. The molecule has 0 amide bonds.